The third-order valence-corrected chi connectivity index (χ3v) is 6.57. The zero-order valence-electron chi connectivity index (χ0n) is 18.5. The Morgan fingerprint density at radius 3 is 2.82 bits per heavy atom. The molecule has 0 N–H and O–H groups in total. The molecule has 0 bridgehead atoms. The van der Waals surface area contributed by atoms with Gasteiger partial charge in [0.1, 0.15) is 0 Å². The maximum absolute atomic E-state index is 13.5. The molecule has 2 aromatic rings. The number of amides is 1. The number of nitriles is 1. The van der Waals surface area contributed by atoms with Crippen LogP contribution in [0, 0.1) is 11.3 Å². The molecule has 0 saturated carbocycles. The van der Waals surface area contributed by atoms with Crippen LogP contribution in [-0.4, -0.2) is 35.0 Å². The van der Waals surface area contributed by atoms with E-state index in [1.165, 1.54) is 0 Å². The Bertz CT molecular complexity index is 1170. The number of hydrogen-bond acceptors (Lipinski definition) is 5. The van der Waals surface area contributed by atoms with Crippen molar-refractivity contribution in [1.82, 2.24) is 4.90 Å². The molecule has 0 fully saturated rings. The summed E-state index contributed by atoms with van der Waals surface area (Å²) in [4.78, 5) is 21.2. The van der Waals surface area contributed by atoms with E-state index in [-0.39, 0.29) is 5.91 Å². The lowest BCUT2D eigenvalue weighted by Crippen LogP contribution is -2.38. The van der Waals surface area contributed by atoms with Crippen molar-refractivity contribution in [3.05, 3.63) is 107 Å². The number of carbonyl (C=O) groups excluding carboxylic acids is 1. The summed E-state index contributed by atoms with van der Waals surface area (Å²) in [5, 5.41) is 9.06. The van der Waals surface area contributed by atoms with E-state index < -0.39 is 12.1 Å². The normalized spacial score (nSPS) is 19.9. The van der Waals surface area contributed by atoms with E-state index in [1.54, 1.807) is 30.0 Å². The van der Waals surface area contributed by atoms with E-state index in [0.717, 1.165) is 27.3 Å². The Morgan fingerprint density at radius 1 is 1.30 bits per heavy atom. The quantitative estimate of drug-likeness (QED) is 0.541. The van der Waals surface area contributed by atoms with Gasteiger partial charge in [0.15, 0.2) is 12.1 Å². The number of aliphatic imine (C=N–C) groups is 1. The molecule has 166 valence electrons. The number of thioether (sulfide) groups is 1. The van der Waals surface area contributed by atoms with Crippen LogP contribution < -0.4 is 0 Å². The fourth-order valence-electron chi connectivity index (χ4n) is 3.98. The van der Waals surface area contributed by atoms with Gasteiger partial charge in [-0.05, 0) is 42.8 Å². The van der Waals surface area contributed by atoms with Gasteiger partial charge in [-0.25, -0.2) is 4.99 Å². The highest BCUT2D eigenvalue weighted by molar-refractivity contribution is 8.03. The van der Waals surface area contributed by atoms with Gasteiger partial charge < -0.3 is 9.64 Å². The van der Waals surface area contributed by atoms with Crippen LogP contribution in [0.2, 0.25) is 0 Å². The number of hydrogen-bond donors (Lipinski definition) is 0. The Hall–Kier alpha value is -3.56. The van der Waals surface area contributed by atoms with Gasteiger partial charge in [-0.2, -0.15) is 5.26 Å². The standard InChI is InChI=1S/C27H25N3O2S/c1-3-7-22(8-4-2)33-16-15-30-18-21-9-5-6-10-23(21)25-24(27(30)31)29-26(32-25)20-13-11-19(17-28)12-14-20/h3-14,24-25H,1,15-16,18H2,2H3/b8-4-,22-7+. The molecule has 4 rings (SSSR count). The van der Waals surface area contributed by atoms with Crippen molar-refractivity contribution in [2.75, 3.05) is 12.3 Å². The predicted octanol–water partition coefficient (Wildman–Crippen LogP) is 5.17. The molecule has 2 heterocycles. The highest BCUT2D eigenvalue weighted by Gasteiger charge is 2.43. The monoisotopic (exact) mass is 455 g/mol. The third-order valence-electron chi connectivity index (χ3n) is 5.57. The van der Waals surface area contributed by atoms with E-state index in [2.05, 4.69) is 18.7 Å². The van der Waals surface area contributed by atoms with Crippen LogP contribution >= 0.6 is 11.8 Å². The van der Waals surface area contributed by atoms with E-state index in [1.807, 2.05) is 60.4 Å². The first-order valence-electron chi connectivity index (χ1n) is 10.8. The van der Waals surface area contributed by atoms with E-state index in [0.29, 0.717) is 24.6 Å². The highest BCUT2D eigenvalue weighted by atomic mass is 32.2. The van der Waals surface area contributed by atoms with Gasteiger partial charge >= 0.3 is 0 Å². The van der Waals surface area contributed by atoms with Crippen molar-refractivity contribution in [2.45, 2.75) is 25.6 Å². The molecule has 2 aliphatic heterocycles. The predicted molar refractivity (Wildman–Crippen MR) is 133 cm³/mol. The number of rotatable bonds is 7. The third kappa shape index (κ3) is 4.94. The zero-order chi connectivity index (χ0) is 23.2. The topological polar surface area (TPSA) is 65.7 Å². The van der Waals surface area contributed by atoms with E-state index in [9.17, 15) is 4.79 Å². The second-order valence-electron chi connectivity index (χ2n) is 7.72. The number of benzene rings is 2. The van der Waals surface area contributed by atoms with Crippen molar-refractivity contribution in [3.8, 4) is 6.07 Å². The van der Waals surface area contributed by atoms with Crippen molar-refractivity contribution >= 4 is 23.6 Å². The van der Waals surface area contributed by atoms with Crippen molar-refractivity contribution in [3.63, 3.8) is 0 Å². The minimum absolute atomic E-state index is 0.0271. The maximum Gasteiger partial charge on any atom is 0.252 e. The molecule has 1 amide bonds. The SMILES string of the molecule is C=C/C=C(\C=C/C)SCCN1Cc2ccccc2C2OC(c3ccc(C#N)cc3)=NC2C1=O. The molecule has 0 saturated heterocycles. The Kier molecular flexibility index (Phi) is 7.11. The van der Waals surface area contributed by atoms with E-state index in [4.69, 9.17) is 15.0 Å². The van der Waals surface area contributed by atoms with Gasteiger partial charge in [0, 0.05) is 34.9 Å². The lowest BCUT2D eigenvalue weighted by molar-refractivity contribution is -0.133. The molecule has 6 heteroatoms. The first-order chi connectivity index (χ1) is 16.1. The fourth-order valence-corrected chi connectivity index (χ4v) is 4.95. The molecule has 0 aromatic heterocycles. The van der Waals surface area contributed by atoms with Gasteiger partial charge in [0.25, 0.3) is 5.91 Å². The molecular weight excluding hydrogens is 430 g/mol. The number of nitrogens with zero attached hydrogens (tertiary/aromatic N) is 3. The summed E-state index contributed by atoms with van der Waals surface area (Å²) in [6.45, 7) is 6.90. The van der Waals surface area contributed by atoms with Crippen LogP contribution in [-0.2, 0) is 16.1 Å². The molecular formula is C27H25N3O2S. The van der Waals surface area contributed by atoms with Crippen molar-refractivity contribution in [2.24, 2.45) is 4.99 Å². The molecule has 0 spiro atoms. The molecule has 2 atom stereocenters. The molecule has 0 aliphatic carbocycles. The summed E-state index contributed by atoms with van der Waals surface area (Å²) >= 11 is 1.70. The highest BCUT2D eigenvalue weighted by Crippen LogP contribution is 2.37. The lowest BCUT2D eigenvalue weighted by atomic mass is 9.99. The molecule has 33 heavy (non-hydrogen) atoms. The minimum Gasteiger partial charge on any atom is -0.466 e. The summed E-state index contributed by atoms with van der Waals surface area (Å²) in [5.41, 5.74) is 3.41. The molecule has 2 unspecified atom stereocenters. The Balaban J connectivity index is 1.58. The second-order valence-corrected chi connectivity index (χ2v) is 8.89. The van der Waals surface area contributed by atoms with Gasteiger partial charge in [-0.3, -0.25) is 4.79 Å². The summed E-state index contributed by atoms with van der Waals surface area (Å²) in [6, 6.07) is 16.6. The van der Waals surface area contributed by atoms with Gasteiger partial charge in [0.2, 0.25) is 5.90 Å². The summed E-state index contributed by atoms with van der Waals surface area (Å²) in [7, 11) is 0. The van der Waals surface area contributed by atoms with Crippen LogP contribution in [0.5, 0.6) is 0 Å². The lowest BCUT2D eigenvalue weighted by Gasteiger charge is -2.22. The van der Waals surface area contributed by atoms with Crippen molar-refractivity contribution < 1.29 is 9.53 Å². The number of allylic oxidation sites excluding steroid dienone is 4. The van der Waals surface area contributed by atoms with Crippen molar-refractivity contribution in [1.29, 1.82) is 5.26 Å². The van der Waals surface area contributed by atoms with Gasteiger partial charge in [0.05, 0.1) is 11.6 Å². The maximum atomic E-state index is 13.5. The van der Waals surface area contributed by atoms with E-state index >= 15 is 0 Å². The van der Waals surface area contributed by atoms with Crippen LogP contribution in [0.4, 0.5) is 0 Å². The first-order valence-corrected chi connectivity index (χ1v) is 11.8. The van der Waals surface area contributed by atoms with Crippen LogP contribution in [0.1, 0.15) is 35.3 Å². The molecule has 2 aromatic carbocycles. The average Bonchev–Trinajstić information content (AvgIpc) is 3.25. The van der Waals surface area contributed by atoms with Crippen LogP contribution in [0.15, 0.2) is 89.3 Å². The van der Waals surface area contributed by atoms with Crippen LogP contribution in [0.3, 0.4) is 0 Å². The van der Waals surface area contributed by atoms with Crippen LogP contribution in [0.25, 0.3) is 0 Å². The zero-order valence-corrected chi connectivity index (χ0v) is 19.3. The van der Waals surface area contributed by atoms with Gasteiger partial charge in [-0.15, -0.1) is 11.8 Å². The largest absolute Gasteiger partial charge is 0.466 e. The Labute approximate surface area is 198 Å². The molecule has 0 radical (unpaired) electrons. The first kappa shape index (κ1) is 22.6. The number of fused-ring (bicyclic) bond motifs is 3. The number of ether oxygens (including phenoxy) is 1. The fraction of sp³-hybridized carbons (Fsp3) is 0.222. The summed E-state index contributed by atoms with van der Waals surface area (Å²) in [6.07, 6.45) is 7.33. The summed E-state index contributed by atoms with van der Waals surface area (Å²) < 4.78 is 6.24. The summed E-state index contributed by atoms with van der Waals surface area (Å²) in [5.74, 6) is 1.18. The number of carbonyl (C=O) groups is 1. The second kappa shape index (κ2) is 10.4. The average molecular weight is 456 g/mol. The smallest absolute Gasteiger partial charge is 0.252 e. The molecule has 5 nitrogen and oxygen atoms in total. The van der Waals surface area contributed by atoms with Gasteiger partial charge in [-0.1, -0.05) is 49.1 Å². The Morgan fingerprint density at radius 2 is 2.09 bits per heavy atom. The molecule has 2 aliphatic rings. The minimum atomic E-state index is -0.622.